The van der Waals surface area contributed by atoms with E-state index in [-0.39, 0.29) is 6.10 Å². The van der Waals surface area contributed by atoms with Gasteiger partial charge in [0.1, 0.15) is 0 Å². The summed E-state index contributed by atoms with van der Waals surface area (Å²) in [7, 11) is 0. The summed E-state index contributed by atoms with van der Waals surface area (Å²) >= 11 is 0. The van der Waals surface area contributed by atoms with Crippen LogP contribution in [-0.2, 0) is 0 Å². The first-order chi connectivity index (χ1) is 6.52. The highest BCUT2D eigenvalue weighted by atomic mass is 16.3. The Kier molecular flexibility index (Phi) is 4.39. The molecule has 1 saturated heterocycles. The van der Waals surface area contributed by atoms with Crippen LogP contribution in [0.15, 0.2) is 0 Å². The number of aliphatic hydroxyl groups excluding tert-OH is 1. The summed E-state index contributed by atoms with van der Waals surface area (Å²) < 4.78 is 0. The largest absolute Gasteiger partial charge is 0.392 e. The van der Waals surface area contributed by atoms with Gasteiger partial charge in [-0.25, -0.2) is 0 Å². The second kappa shape index (κ2) is 5.13. The lowest BCUT2D eigenvalue weighted by Gasteiger charge is -2.39. The zero-order valence-corrected chi connectivity index (χ0v) is 10.0. The Balaban J connectivity index is 2.43. The molecule has 0 aliphatic carbocycles. The SMILES string of the molecule is CC(C)C(O)CN1CCCC(C)C1C. The molecule has 0 radical (unpaired) electrons. The quantitative estimate of drug-likeness (QED) is 0.752. The van der Waals surface area contributed by atoms with Crippen molar-refractivity contribution in [2.24, 2.45) is 11.8 Å². The van der Waals surface area contributed by atoms with Gasteiger partial charge in [-0.2, -0.15) is 0 Å². The Morgan fingerprint density at radius 2 is 2.00 bits per heavy atom. The summed E-state index contributed by atoms with van der Waals surface area (Å²) in [5, 5.41) is 9.84. The molecule has 0 saturated carbocycles. The molecular weight excluding hydrogens is 174 g/mol. The third-order valence-corrected chi connectivity index (χ3v) is 3.70. The number of nitrogens with zero attached hydrogens (tertiary/aromatic N) is 1. The number of rotatable bonds is 3. The van der Waals surface area contributed by atoms with Crippen molar-refractivity contribution in [1.82, 2.24) is 4.90 Å². The second-order valence-electron chi connectivity index (χ2n) is 5.17. The third-order valence-electron chi connectivity index (χ3n) is 3.70. The molecule has 3 atom stereocenters. The summed E-state index contributed by atoms with van der Waals surface area (Å²) in [4.78, 5) is 2.44. The van der Waals surface area contributed by atoms with Gasteiger partial charge in [0.2, 0.25) is 0 Å². The van der Waals surface area contributed by atoms with Crippen molar-refractivity contribution in [2.75, 3.05) is 13.1 Å². The molecule has 0 aromatic rings. The van der Waals surface area contributed by atoms with Gasteiger partial charge in [0, 0.05) is 12.6 Å². The molecule has 2 nitrogen and oxygen atoms in total. The molecular formula is C12H25NO. The fourth-order valence-corrected chi connectivity index (χ4v) is 2.13. The maximum atomic E-state index is 9.84. The molecule has 0 aromatic heterocycles. The van der Waals surface area contributed by atoms with E-state index in [1.807, 2.05) is 0 Å². The van der Waals surface area contributed by atoms with Crippen molar-refractivity contribution in [3.63, 3.8) is 0 Å². The smallest absolute Gasteiger partial charge is 0.0690 e. The number of hydrogen-bond donors (Lipinski definition) is 1. The Labute approximate surface area is 88.3 Å². The first kappa shape index (κ1) is 12.0. The van der Waals surface area contributed by atoms with Gasteiger partial charge in [-0.15, -0.1) is 0 Å². The molecule has 3 unspecified atom stereocenters. The van der Waals surface area contributed by atoms with Gasteiger partial charge >= 0.3 is 0 Å². The average molecular weight is 199 g/mol. The molecule has 1 heterocycles. The molecule has 1 aliphatic heterocycles. The summed E-state index contributed by atoms with van der Waals surface area (Å²) in [5.41, 5.74) is 0. The molecule has 0 bridgehead atoms. The maximum Gasteiger partial charge on any atom is 0.0690 e. The summed E-state index contributed by atoms with van der Waals surface area (Å²) in [6, 6.07) is 0.636. The van der Waals surface area contributed by atoms with Crippen LogP contribution in [0.25, 0.3) is 0 Å². The number of hydrogen-bond acceptors (Lipinski definition) is 2. The molecule has 1 rings (SSSR count). The summed E-state index contributed by atoms with van der Waals surface area (Å²) in [6.07, 6.45) is 2.47. The molecule has 1 fully saturated rings. The number of aliphatic hydroxyl groups is 1. The normalized spacial score (nSPS) is 32.1. The number of likely N-dealkylation sites (tertiary alicyclic amines) is 1. The van der Waals surface area contributed by atoms with E-state index in [0.29, 0.717) is 12.0 Å². The molecule has 0 amide bonds. The van der Waals surface area contributed by atoms with Crippen LogP contribution in [-0.4, -0.2) is 35.2 Å². The third kappa shape index (κ3) is 2.96. The van der Waals surface area contributed by atoms with Gasteiger partial charge in [0.25, 0.3) is 0 Å². The lowest BCUT2D eigenvalue weighted by molar-refractivity contribution is 0.0313. The van der Waals surface area contributed by atoms with E-state index in [9.17, 15) is 5.11 Å². The van der Waals surface area contributed by atoms with Crippen molar-refractivity contribution in [3.8, 4) is 0 Å². The van der Waals surface area contributed by atoms with E-state index in [4.69, 9.17) is 0 Å². The maximum absolute atomic E-state index is 9.84. The van der Waals surface area contributed by atoms with Gasteiger partial charge in [-0.3, -0.25) is 4.90 Å². The zero-order chi connectivity index (χ0) is 10.7. The second-order valence-corrected chi connectivity index (χ2v) is 5.17. The topological polar surface area (TPSA) is 23.5 Å². The van der Waals surface area contributed by atoms with Crippen LogP contribution in [0.3, 0.4) is 0 Å². The van der Waals surface area contributed by atoms with Crippen LogP contribution in [0.1, 0.15) is 40.5 Å². The fraction of sp³-hybridized carbons (Fsp3) is 1.00. The Morgan fingerprint density at radius 3 is 2.57 bits per heavy atom. The van der Waals surface area contributed by atoms with Crippen LogP contribution in [0.5, 0.6) is 0 Å². The molecule has 2 heteroatoms. The number of piperidine rings is 1. The molecule has 84 valence electrons. The van der Waals surface area contributed by atoms with E-state index >= 15 is 0 Å². The highest BCUT2D eigenvalue weighted by molar-refractivity contribution is 4.80. The Hall–Kier alpha value is -0.0800. The summed E-state index contributed by atoms with van der Waals surface area (Å²) in [6.45, 7) is 10.8. The minimum atomic E-state index is -0.164. The molecule has 14 heavy (non-hydrogen) atoms. The van der Waals surface area contributed by atoms with Crippen molar-refractivity contribution < 1.29 is 5.11 Å². The monoisotopic (exact) mass is 199 g/mol. The molecule has 0 spiro atoms. The van der Waals surface area contributed by atoms with Gasteiger partial charge in [-0.05, 0) is 38.1 Å². The van der Waals surface area contributed by atoms with Crippen LogP contribution < -0.4 is 0 Å². The van der Waals surface area contributed by atoms with E-state index in [1.165, 1.54) is 12.8 Å². The van der Waals surface area contributed by atoms with E-state index in [0.717, 1.165) is 19.0 Å². The Bertz CT molecular complexity index is 170. The van der Waals surface area contributed by atoms with Gasteiger partial charge in [0.05, 0.1) is 6.10 Å². The predicted octanol–water partition coefficient (Wildman–Crippen LogP) is 2.12. The minimum absolute atomic E-state index is 0.164. The molecule has 1 N–H and O–H groups in total. The van der Waals surface area contributed by atoms with Crippen LogP contribution in [0.2, 0.25) is 0 Å². The van der Waals surface area contributed by atoms with Crippen molar-refractivity contribution in [2.45, 2.75) is 52.7 Å². The van der Waals surface area contributed by atoms with E-state index < -0.39 is 0 Å². The van der Waals surface area contributed by atoms with Gasteiger partial charge < -0.3 is 5.11 Å². The predicted molar refractivity (Wildman–Crippen MR) is 60.3 cm³/mol. The first-order valence-corrected chi connectivity index (χ1v) is 5.94. The zero-order valence-electron chi connectivity index (χ0n) is 10.0. The number of β-amino-alcohol motifs (C(OH)–C–C–N with tert-alkyl or cyclic N) is 1. The summed E-state index contributed by atoms with van der Waals surface area (Å²) in [5.74, 6) is 1.16. The lowest BCUT2D eigenvalue weighted by Crippen LogP contribution is -2.46. The fourth-order valence-electron chi connectivity index (χ4n) is 2.13. The molecule has 0 aromatic carbocycles. The van der Waals surface area contributed by atoms with Crippen LogP contribution >= 0.6 is 0 Å². The standard InChI is InChI=1S/C12H25NO/c1-9(2)12(14)8-13-7-5-6-10(3)11(13)4/h9-12,14H,5-8H2,1-4H3. The van der Waals surface area contributed by atoms with E-state index in [2.05, 4.69) is 32.6 Å². The van der Waals surface area contributed by atoms with Crippen molar-refractivity contribution >= 4 is 0 Å². The highest BCUT2D eigenvalue weighted by Gasteiger charge is 2.26. The highest BCUT2D eigenvalue weighted by Crippen LogP contribution is 2.23. The average Bonchev–Trinajstić information content (AvgIpc) is 2.12. The van der Waals surface area contributed by atoms with Gasteiger partial charge in [0.15, 0.2) is 0 Å². The van der Waals surface area contributed by atoms with Crippen molar-refractivity contribution in [3.05, 3.63) is 0 Å². The lowest BCUT2D eigenvalue weighted by atomic mass is 9.91. The van der Waals surface area contributed by atoms with E-state index in [1.54, 1.807) is 0 Å². The first-order valence-electron chi connectivity index (χ1n) is 5.94. The van der Waals surface area contributed by atoms with Crippen molar-refractivity contribution in [1.29, 1.82) is 0 Å². The van der Waals surface area contributed by atoms with Gasteiger partial charge in [-0.1, -0.05) is 20.8 Å². The van der Waals surface area contributed by atoms with Crippen LogP contribution in [0.4, 0.5) is 0 Å². The van der Waals surface area contributed by atoms with Crippen LogP contribution in [0, 0.1) is 11.8 Å². The minimum Gasteiger partial charge on any atom is -0.392 e. The Morgan fingerprint density at radius 1 is 1.36 bits per heavy atom. The molecule has 1 aliphatic rings.